The zero-order valence-electron chi connectivity index (χ0n) is 19.1. The highest BCUT2D eigenvalue weighted by atomic mass is 16.5. The Bertz CT molecular complexity index is 865. The Hall–Kier alpha value is -2.87. The average Bonchev–Trinajstić information content (AvgIpc) is 2.79. The fourth-order valence-corrected chi connectivity index (χ4v) is 4.26. The molecule has 0 aliphatic carbocycles. The van der Waals surface area contributed by atoms with Gasteiger partial charge in [0.25, 0.3) is 0 Å². The van der Waals surface area contributed by atoms with Crippen molar-refractivity contribution in [2.24, 2.45) is 5.92 Å². The predicted molar refractivity (Wildman–Crippen MR) is 120 cm³/mol. The van der Waals surface area contributed by atoms with Gasteiger partial charge in [-0.1, -0.05) is 31.2 Å². The number of hydrogen-bond acceptors (Lipinski definition) is 6. The number of nitrogens with one attached hydrogen (secondary N) is 2. The lowest BCUT2D eigenvalue weighted by Gasteiger charge is -2.35. The number of esters is 2. The van der Waals surface area contributed by atoms with Crippen molar-refractivity contribution in [2.45, 2.75) is 46.1 Å². The van der Waals surface area contributed by atoms with Crippen LogP contribution >= 0.6 is 0 Å². The van der Waals surface area contributed by atoms with Crippen LogP contribution in [0.2, 0.25) is 0 Å². The molecule has 1 aromatic rings. The maximum Gasteiger partial charge on any atom is 0.338 e. The van der Waals surface area contributed by atoms with Gasteiger partial charge in [0.2, 0.25) is 0 Å². The van der Waals surface area contributed by atoms with Gasteiger partial charge in [0, 0.05) is 18.8 Å². The summed E-state index contributed by atoms with van der Waals surface area (Å²) in [5, 5.41) is 5.68. The molecule has 2 N–H and O–H groups in total. The first-order valence-corrected chi connectivity index (χ1v) is 11.4. The second kappa shape index (κ2) is 11.1. The molecule has 1 saturated heterocycles. The molecule has 2 atom stereocenters. The molecule has 2 amide bonds. The molecule has 0 spiro atoms. The standard InChI is InChI=1S/C24H33N3O5/c1-4-16-9-11-17(12-10-16)21-20(23(29)32-6-3)19(25-24(30)26-21)15-27-13-7-8-18(14-27)22(28)31-5-2/h9-12,18,21H,4-8,13-15H2,1-3H3,(H2,25,26,30)/t18-,21+/m0/s1. The molecule has 0 saturated carbocycles. The van der Waals surface area contributed by atoms with Gasteiger partial charge in [-0.15, -0.1) is 0 Å². The fourth-order valence-electron chi connectivity index (χ4n) is 4.26. The van der Waals surface area contributed by atoms with Crippen LogP contribution in [0.1, 0.15) is 50.8 Å². The van der Waals surface area contributed by atoms with E-state index in [0.29, 0.717) is 31.0 Å². The van der Waals surface area contributed by atoms with Gasteiger partial charge >= 0.3 is 18.0 Å². The van der Waals surface area contributed by atoms with Crippen LogP contribution in [0, 0.1) is 5.92 Å². The lowest BCUT2D eigenvalue weighted by molar-refractivity contribution is -0.150. The van der Waals surface area contributed by atoms with Gasteiger partial charge in [-0.25, -0.2) is 9.59 Å². The second-order valence-electron chi connectivity index (χ2n) is 8.07. The van der Waals surface area contributed by atoms with E-state index in [9.17, 15) is 14.4 Å². The highest BCUT2D eigenvalue weighted by Crippen LogP contribution is 2.29. The van der Waals surface area contributed by atoms with E-state index in [4.69, 9.17) is 9.47 Å². The highest BCUT2D eigenvalue weighted by molar-refractivity contribution is 5.95. The van der Waals surface area contributed by atoms with Crippen LogP contribution in [0.3, 0.4) is 0 Å². The second-order valence-corrected chi connectivity index (χ2v) is 8.07. The predicted octanol–water partition coefficient (Wildman–Crippen LogP) is 2.70. The quantitative estimate of drug-likeness (QED) is 0.600. The number of nitrogens with zero attached hydrogens (tertiary/aromatic N) is 1. The van der Waals surface area contributed by atoms with Crippen molar-refractivity contribution in [1.82, 2.24) is 15.5 Å². The Morgan fingerprint density at radius 2 is 1.81 bits per heavy atom. The number of piperidine rings is 1. The van der Waals surface area contributed by atoms with Gasteiger partial charge in [-0.3, -0.25) is 9.69 Å². The summed E-state index contributed by atoms with van der Waals surface area (Å²) in [5.74, 6) is -0.858. The maximum atomic E-state index is 13.0. The van der Waals surface area contributed by atoms with E-state index in [1.165, 1.54) is 5.56 Å². The van der Waals surface area contributed by atoms with Crippen molar-refractivity contribution in [1.29, 1.82) is 0 Å². The van der Waals surface area contributed by atoms with Gasteiger partial charge in [-0.05, 0) is 50.8 Å². The lowest BCUT2D eigenvalue weighted by atomic mass is 9.93. The Balaban J connectivity index is 1.90. The molecule has 8 heteroatoms. The van der Waals surface area contributed by atoms with E-state index in [1.807, 2.05) is 24.3 Å². The zero-order chi connectivity index (χ0) is 23.1. The first-order valence-electron chi connectivity index (χ1n) is 11.4. The summed E-state index contributed by atoms with van der Waals surface area (Å²) in [6.07, 6.45) is 2.53. The van der Waals surface area contributed by atoms with Crippen LogP contribution < -0.4 is 10.6 Å². The van der Waals surface area contributed by atoms with Crippen LogP contribution in [0.25, 0.3) is 0 Å². The fraction of sp³-hybridized carbons (Fsp3) is 0.542. The van der Waals surface area contributed by atoms with E-state index >= 15 is 0 Å². The zero-order valence-corrected chi connectivity index (χ0v) is 19.1. The van der Waals surface area contributed by atoms with Crippen LogP contribution in [0.15, 0.2) is 35.5 Å². The summed E-state index contributed by atoms with van der Waals surface area (Å²) in [6.45, 7) is 7.87. The van der Waals surface area contributed by atoms with Crippen molar-refractivity contribution < 1.29 is 23.9 Å². The molecule has 32 heavy (non-hydrogen) atoms. The van der Waals surface area contributed by atoms with Crippen molar-refractivity contribution in [3.8, 4) is 0 Å². The summed E-state index contributed by atoms with van der Waals surface area (Å²) in [6, 6.07) is 6.90. The molecule has 0 bridgehead atoms. The first-order chi connectivity index (χ1) is 15.5. The molecular weight excluding hydrogens is 410 g/mol. The van der Waals surface area contributed by atoms with Gasteiger partial charge in [0.05, 0.1) is 30.7 Å². The van der Waals surface area contributed by atoms with Crippen LogP contribution in [0.4, 0.5) is 4.79 Å². The summed E-state index contributed by atoms with van der Waals surface area (Å²) < 4.78 is 10.5. The van der Waals surface area contributed by atoms with Crippen LogP contribution in [0.5, 0.6) is 0 Å². The Labute approximate surface area is 189 Å². The maximum absolute atomic E-state index is 13.0. The van der Waals surface area contributed by atoms with E-state index in [2.05, 4.69) is 22.5 Å². The molecule has 1 fully saturated rings. The SMILES string of the molecule is CCOC(=O)C1=C(CN2CCC[C@H](C(=O)OCC)C2)NC(=O)N[C@@H]1c1ccc(CC)cc1. The number of rotatable bonds is 8. The third kappa shape index (κ3) is 5.68. The molecule has 2 aliphatic heterocycles. The van der Waals surface area contributed by atoms with Crippen molar-refractivity contribution >= 4 is 18.0 Å². The minimum Gasteiger partial charge on any atom is -0.466 e. The van der Waals surface area contributed by atoms with E-state index in [1.54, 1.807) is 13.8 Å². The molecule has 0 unspecified atom stereocenters. The summed E-state index contributed by atoms with van der Waals surface area (Å²) in [4.78, 5) is 39.8. The first kappa shape index (κ1) is 23.8. The number of ether oxygens (including phenoxy) is 2. The number of amides is 2. The highest BCUT2D eigenvalue weighted by Gasteiger charge is 2.35. The number of likely N-dealkylation sites (tertiary alicyclic amines) is 1. The Morgan fingerprint density at radius 1 is 1.09 bits per heavy atom. The van der Waals surface area contributed by atoms with Crippen molar-refractivity contribution in [3.63, 3.8) is 0 Å². The third-order valence-electron chi connectivity index (χ3n) is 5.88. The molecule has 0 aromatic heterocycles. The molecular formula is C24H33N3O5. The van der Waals surface area contributed by atoms with E-state index in [-0.39, 0.29) is 24.5 Å². The molecule has 1 aromatic carbocycles. The Morgan fingerprint density at radius 3 is 2.47 bits per heavy atom. The number of benzene rings is 1. The average molecular weight is 444 g/mol. The normalized spacial score (nSPS) is 21.5. The monoisotopic (exact) mass is 443 g/mol. The third-order valence-corrected chi connectivity index (χ3v) is 5.88. The molecule has 8 nitrogen and oxygen atoms in total. The number of urea groups is 1. The van der Waals surface area contributed by atoms with Gasteiger partial charge in [-0.2, -0.15) is 0 Å². The van der Waals surface area contributed by atoms with Crippen molar-refractivity contribution in [3.05, 3.63) is 46.7 Å². The number of carbonyl (C=O) groups excluding carboxylic acids is 3. The molecule has 2 heterocycles. The number of aryl methyl sites for hydroxylation is 1. The van der Waals surface area contributed by atoms with Crippen LogP contribution in [-0.4, -0.2) is 55.7 Å². The minimum absolute atomic E-state index is 0.194. The number of carbonyl (C=O) groups is 3. The molecule has 2 aliphatic rings. The summed E-state index contributed by atoms with van der Waals surface area (Å²) in [5.41, 5.74) is 2.91. The molecule has 174 valence electrons. The summed E-state index contributed by atoms with van der Waals surface area (Å²) >= 11 is 0. The van der Waals surface area contributed by atoms with Gasteiger partial charge in [0.1, 0.15) is 0 Å². The molecule has 3 rings (SSSR count). The van der Waals surface area contributed by atoms with E-state index in [0.717, 1.165) is 31.4 Å². The Kier molecular flexibility index (Phi) is 8.27. The topological polar surface area (TPSA) is 97.0 Å². The minimum atomic E-state index is -0.602. The smallest absolute Gasteiger partial charge is 0.338 e. The van der Waals surface area contributed by atoms with Gasteiger partial charge < -0.3 is 20.1 Å². The van der Waals surface area contributed by atoms with Crippen LogP contribution in [-0.2, 0) is 25.5 Å². The summed E-state index contributed by atoms with van der Waals surface area (Å²) in [7, 11) is 0. The number of hydrogen-bond donors (Lipinski definition) is 2. The van der Waals surface area contributed by atoms with Crippen molar-refractivity contribution in [2.75, 3.05) is 32.8 Å². The lowest BCUT2D eigenvalue weighted by Crippen LogP contribution is -2.50. The van der Waals surface area contributed by atoms with E-state index < -0.39 is 12.0 Å². The molecule has 0 radical (unpaired) electrons. The largest absolute Gasteiger partial charge is 0.466 e. The van der Waals surface area contributed by atoms with Gasteiger partial charge in [0.15, 0.2) is 0 Å².